The van der Waals surface area contributed by atoms with E-state index in [2.05, 4.69) is 5.32 Å². The van der Waals surface area contributed by atoms with Gasteiger partial charge in [0.2, 0.25) is 5.91 Å². The first-order valence-electron chi connectivity index (χ1n) is 6.97. The van der Waals surface area contributed by atoms with Crippen molar-refractivity contribution in [2.45, 2.75) is 52.7 Å². The van der Waals surface area contributed by atoms with Crippen LogP contribution in [0.5, 0.6) is 0 Å². The molecule has 0 spiro atoms. The first kappa shape index (κ1) is 16.3. The summed E-state index contributed by atoms with van der Waals surface area (Å²) >= 11 is 6.44. The summed E-state index contributed by atoms with van der Waals surface area (Å²) in [6, 6.07) is 3.66. The summed E-state index contributed by atoms with van der Waals surface area (Å²) in [5.41, 5.74) is 1.46. The number of halogens is 1. The van der Waals surface area contributed by atoms with Gasteiger partial charge in [-0.15, -0.1) is 0 Å². The van der Waals surface area contributed by atoms with Gasteiger partial charge in [0.25, 0.3) is 0 Å². The van der Waals surface area contributed by atoms with Gasteiger partial charge in [0.1, 0.15) is 0 Å². The van der Waals surface area contributed by atoms with Gasteiger partial charge in [-0.3, -0.25) is 4.79 Å². The van der Waals surface area contributed by atoms with Crippen molar-refractivity contribution in [2.75, 3.05) is 5.32 Å². The largest absolute Gasteiger partial charge is 0.496 e. The van der Waals surface area contributed by atoms with Crippen molar-refractivity contribution in [3.63, 3.8) is 0 Å². The van der Waals surface area contributed by atoms with Gasteiger partial charge in [-0.25, -0.2) is 0 Å². The number of anilines is 1. The van der Waals surface area contributed by atoms with Crippen molar-refractivity contribution < 1.29 is 14.1 Å². The fourth-order valence-electron chi connectivity index (χ4n) is 2.18. The molecule has 0 unspecified atom stereocenters. The third kappa shape index (κ3) is 2.96. The van der Waals surface area contributed by atoms with E-state index in [0.29, 0.717) is 10.7 Å². The normalized spacial score (nSPS) is 19.7. The number of carbonyl (C=O) groups excluding carboxylic acids is 1. The van der Waals surface area contributed by atoms with E-state index in [0.717, 1.165) is 11.0 Å². The highest BCUT2D eigenvalue weighted by molar-refractivity contribution is 6.65. The summed E-state index contributed by atoms with van der Waals surface area (Å²) in [6.07, 6.45) is 0. The molecule has 1 aliphatic rings. The van der Waals surface area contributed by atoms with Crippen molar-refractivity contribution in [1.82, 2.24) is 0 Å². The maximum absolute atomic E-state index is 11.2. The Morgan fingerprint density at radius 1 is 1.19 bits per heavy atom. The zero-order valence-electron chi connectivity index (χ0n) is 13.3. The highest BCUT2D eigenvalue weighted by Crippen LogP contribution is 2.37. The Kier molecular flexibility index (Phi) is 4.13. The van der Waals surface area contributed by atoms with E-state index in [9.17, 15) is 4.79 Å². The fraction of sp³-hybridized carbons (Fsp3) is 0.533. The van der Waals surface area contributed by atoms with Crippen molar-refractivity contribution in [3.8, 4) is 0 Å². The molecule has 0 aliphatic carbocycles. The van der Waals surface area contributed by atoms with Crippen LogP contribution in [0.3, 0.4) is 0 Å². The van der Waals surface area contributed by atoms with Crippen molar-refractivity contribution in [3.05, 3.63) is 22.7 Å². The molecule has 0 atom stereocenters. The number of hydrogen-bond donors (Lipinski definition) is 1. The number of rotatable bonds is 2. The SMILES string of the molecule is CC(=O)Nc1ccc(B2OC(C)(C)C(C)(C)O2)c(Cl)c1C. The monoisotopic (exact) mass is 309 g/mol. The number of benzene rings is 1. The average molecular weight is 310 g/mol. The van der Waals surface area contributed by atoms with Crippen LogP contribution in [0.2, 0.25) is 5.02 Å². The van der Waals surface area contributed by atoms with E-state index in [1.807, 2.05) is 46.8 Å². The average Bonchev–Trinajstić information content (AvgIpc) is 2.54. The zero-order chi connectivity index (χ0) is 16.0. The second-order valence-corrected chi connectivity index (χ2v) is 6.79. The molecule has 0 aromatic heterocycles. The van der Waals surface area contributed by atoms with Crippen LogP contribution in [-0.2, 0) is 14.1 Å². The molecule has 1 N–H and O–H groups in total. The predicted molar refractivity (Wildman–Crippen MR) is 86.2 cm³/mol. The molecule has 1 heterocycles. The summed E-state index contributed by atoms with van der Waals surface area (Å²) in [5.74, 6) is -0.127. The van der Waals surface area contributed by atoms with Crippen molar-refractivity contribution in [2.24, 2.45) is 0 Å². The molecule has 0 bridgehead atoms. The van der Waals surface area contributed by atoms with E-state index in [1.165, 1.54) is 6.92 Å². The van der Waals surface area contributed by atoms with Gasteiger partial charge in [0, 0.05) is 23.1 Å². The summed E-state index contributed by atoms with van der Waals surface area (Å²) in [7, 11) is -0.507. The predicted octanol–water partition coefficient (Wildman–Crippen LogP) is 2.91. The van der Waals surface area contributed by atoms with E-state index < -0.39 is 18.3 Å². The highest BCUT2D eigenvalue weighted by atomic mass is 35.5. The van der Waals surface area contributed by atoms with Crippen LogP contribution in [0.25, 0.3) is 0 Å². The van der Waals surface area contributed by atoms with Crippen LogP contribution in [0.15, 0.2) is 12.1 Å². The standard InChI is InChI=1S/C15H21BClNO3/c1-9-12(18-10(2)19)8-7-11(13(9)17)16-20-14(3,4)15(5,6)21-16/h7-8H,1-6H3,(H,18,19). The van der Waals surface area contributed by atoms with Crippen molar-refractivity contribution in [1.29, 1.82) is 0 Å². The molecule has 0 saturated carbocycles. The number of hydrogen-bond acceptors (Lipinski definition) is 3. The van der Waals surface area contributed by atoms with Gasteiger partial charge in [-0.05, 0) is 46.2 Å². The number of carbonyl (C=O) groups is 1. The Labute approximate surface area is 131 Å². The van der Waals surface area contributed by atoms with Gasteiger partial charge < -0.3 is 14.6 Å². The van der Waals surface area contributed by atoms with Crippen LogP contribution in [0.1, 0.15) is 40.2 Å². The quantitative estimate of drug-likeness (QED) is 0.855. The third-order valence-corrected chi connectivity index (χ3v) is 4.74. The third-order valence-electron chi connectivity index (χ3n) is 4.23. The molecule has 0 radical (unpaired) electrons. The van der Waals surface area contributed by atoms with E-state index >= 15 is 0 Å². The van der Waals surface area contributed by atoms with Crippen LogP contribution >= 0.6 is 11.6 Å². The van der Waals surface area contributed by atoms with Crippen LogP contribution in [0.4, 0.5) is 5.69 Å². The summed E-state index contributed by atoms with van der Waals surface area (Å²) < 4.78 is 12.0. The van der Waals surface area contributed by atoms with Gasteiger partial charge in [-0.2, -0.15) is 0 Å². The Morgan fingerprint density at radius 3 is 2.19 bits per heavy atom. The van der Waals surface area contributed by atoms with Gasteiger partial charge in [0.15, 0.2) is 0 Å². The molecule has 114 valence electrons. The summed E-state index contributed by atoms with van der Waals surface area (Å²) in [4.78, 5) is 11.2. The summed E-state index contributed by atoms with van der Waals surface area (Å²) in [5, 5.41) is 3.31. The molecule has 1 saturated heterocycles. The molecule has 1 aromatic carbocycles. The topological polar surface area (TPSA) is 47.6 Å². The lowest BCUT2D eigenvalue weighted by Gasteiger charge is -2.32. The lowest BCUT2D eigenvalue weighted by Crippen LogP contribution is -2.41. The maximum Gasteiger partial charge on any atom is 0.496 e. The van der Waals surface area contributed by atoms with E-state index in [4.69, 9.17) is 20.9 Å². The lowest BCUT2D eigenvalue weighted by atomic mass is 9.78. The second kappa shape index (κ2) is 5.31. The van der Waals surface area contributed by atoms with Crippen molar-refractivity contribution >= 4 is 35.8 Å². The lowest BCUT2D eigenvalue weighted by molar-refractivity contribution is -0.114. The Bertz CT molecular complexity index is 571. The summed E-state index contributed by atoms with van der Waals surface area (Å²) in [6.45, 7) is 11.3. The molecular weight excluding hydrogens is 288 g/mol. The van der Waals surface area contributed by atoms with E-state index in [1.54, 1.807) is 0 Å². The molecule has 1 amide bonds. The number of amides is 1. The molecule has 21 heavy (non-hydrogen) atoms. The molecule has 6 heteroatoms. The molecular formula is C15H21BClNO3. The molecule has 4 nitrogen and oxygen atoms in total. The maximum atomic E-state index is 11.2. The minimum absolute atomic E-state index is 0.127. The smallest absolute Gasteiger partial charge is 0.399 e. The van der Waals surface area contributed by atoms with Crippen LogP contribution in [-0.4, -0.2) is 24.2 Å². The number of nitrogens with one attached hydrogen (secondary N) is 1. The van der Waals surface area contributed by atoms with Crippen LogP contribution < -0.4 is 10.8 Å². The first-order chi connectivity index (χ1) is 9.55. The van der Waals surface area contributed by atoms with Gasteiger partial charge >= 0.3 is 7.12 Å². The highest BCUT2D eigenvalue weighted by Gasteiger charge is 2.52. The molecule has 1 aromatic rings. The van der Waals surface area contributed by atoms with E-state index in [-0.39, 0.29) is 5.91 Å². The fourth-order valence-corrected chi connectivity index (χ4v) is 2.44. The minimum atomic E-state index is -0.507. The van der Waals surface area contributed by atoms with Gasteiger partial charge in [-0.1, -0.05) is 17.7 Å². The Balaban J connectivity index is 2.35. The molecule has 1 aliphatic heterocycles. The first-order valence-corrected chi connectivity index (χ1v) is 7.35. The second-order valence-electron chi connectivity index (χ2n) is 6.41. The minimum Gasteiger partial charge on any atom is -0.399 e. The Morgan fingerprint density at radius 2 is 1.71 bits per heavy atom. The van der Waals surface area contributed by atoms with Crippen LogP contribution in [0, 0.1) is 6.92 Å². The molecule has 1 fully saturated rings. The Hall–Kier alpha value is -1.04. The zero-order valence-corrected chi connectivity index (χ0v) is 14.1. The molecule has 2 rings (SSSR count). The van der Waals surface area contributed by atoms with Gasteiger partial charge in [0.05, 0.1) is 11.2 Å².